The number of benzene rings is 2. The molecule has 0 aliphatic carbocycles. The van der Waals surface area contributed by atoms with Crippen LogP contribution in [-0.2, 0) is 6.42 Å². The fourth-order valence-electron chi connectivity index (χ4n) is 3.33. The van der Waals surface area contributed by atoms with E-state index in [9.17, 15) is 4.79 Å². The number of hydrogen-bond donors (Lipinski definition) is 1. The summed E-state index contributed by atoms with van der Waals surface area (Å²) < 4.78 is 1.94. The van der Waals surface area contributed by atoms with Gasteiger partial charge in [-0.25, -0.2) is 4.68 Å². The minimum atomic E-state index is -0.0648. The largest absolute Gasteiger partial charge is 0.352 e. The average molecular weight is 370 g/mol. The number of fused-ring (bicyclic) bond motifs is 1. The van der Waals surface area contributed by atoms with Crippen molar-refractivity contribution in [3.05, 3.63) is 89.4 Å². The Hall–Kier alpha value is -3.47. The molecule has 0 saturated heterocycles. The van der Waals surface area contributed by atoms with E-state index in [1.807, 2.05) is 48.9 Å². The van der Waals surface area contributed by atoms with Crippen LogP contribution in [0, 0.1) is 13.8 Å². The Morgan fingerprint density at radius 2 is 1.86 bits per heavy atom. The zero-order chi connectivity index (χ0) is 19.5. The fraction of sp³-hybridized carbons (Fsp3) is 0.174. The second-order valence-electron chi connectivity index (χ2n) is 6.92. The van der Waals surface area contributed by atoms with Crippen LogP contribution in [0.15, 0.2) is 66.9 Å². The van der Waals surface area contributed by atoms with Crippen molar-refractivity contribution in [2.75, 3.05) is 6.54 Å². The minimum absolute atomic E-state index is 0.0648. The van der Waals surface area contributed by atoms with Gasteiger partial charge in [-0.2, -0.15) is 5.10 Å². The van der Waals surface area contributed by atoms with Gasteiger partial charge in [0.05, 0.1) is 16.9 Å². The molecule has 0 fully saturated rings. The van der Waals surface area contributed by atoms with Gasteiger partial charge in [0.1, 0.15) is 0 Å². The van der Waals surface area contributed by atoms with Gasteiger partial charge in [0, 0.05) is 29.4 Å². The van der Waals surface area contributed by atoms with Crippen molar-refractivity contribution in [3.8, 4) is 5.69 Å². The van der Waals surface area contributed by atoms with Crippen LogP contribution >= 0.6 is 0 Å². The van der Waals surface area contributed by atoms with Gasteiger partial charge in [0.25, 0.3) is 5.91 Å². The summed E-state index contributed by atoms with van der Waals surface area (Å²) in [6.45, 7) is 4.63. The molecule has 1 N–H and O–H groups in total. The Bertz CT molecular complexity index is 1130. The van der Waals surface area contributed by atoms with Crippen molar-refractivity contribution in [2.24, 2.45) is 0 Å². The Morgan fingerprint density at radius 1 is 1.04 bits per heavy atom. The van der Waals surface area contributed by atoms with E-state index in [4.69, 9.17) is 0 Å². The lowest BCUT2D eigenvalue weighted by Gasteiger charge is -2.08. The number of amides is 1. The highest BCUT2D eigenvalue weighted by Gasteiger charge is 2.07. The topological polar surface area (TPSA) is 59.8 Å². The summed E-state index contributed by atoms with van der Waals surface area (Å²) >= 11 is 0. The van der Waals surface area contributed by atoms with Crippen LogP contribution in [0.1, 0.15) is 27.3 Å². The molecule has 0 aliphatic rings. The molecule has 0 bridgehead atoms. The first-order valence-electron chi connectivity index (χ1n) is 9.36. The quantitative estimate of drug-likeness (QED) is 0.577. The van der Waals surface area contributed by atoms with E-state index in [0.717, 1.165) is 34.4 Å². The van der Waals surface area contributed by atoms with E-state index >= 15 is 0 Å². The monoisotopic (exact) mass is 370 g/mol. The number of rotatable bonds is 5. The zero-order valence-electron chi connectivity index (χ0n) is 16.0. The van der Waals surface area contributed by atoms with Crippen LogP contribution in [0.5, 0.6) is 0 Å². The highest BCUT2D eigenvalue weighted by Crippen LogP contribution is 2.14. The van der Waals surface area contributed by atoms with Gasteiger partial charge in [0.2, 0.25) is 0 Å². The molecule has 140 valence electrons. The summed E-state index contributed by atoms with van der Waals surface area (Å²) in [5, 5.41) is 8.47. The van der Waals surface area contributed by atoms with Crippen LogP contribution in [0.2, 0.25) is 0 Å². The van der Waals surface area contributed by atoms with E-state index in [-0.39, 0.29) is 5.91 Å². The molecule has 2 aromatic carbocycles. The zero-order valence-corrected chi connectivity index (χ0v) is 16.0. The van der Waals surface area contributed by atoms with Gasteiger partial charge in [-0.05, 0) is 68.3 Å². The van der Waals surface area contributed by atoms with Crippen molar-refractivity contribution in [1.29, 1.82) is 0 Å². The number of aryl methyl sites for hydroxylation is 2. The summed E-state index contributed by atoms with van der Waals surface area (Å²) in [6, 6.07) is 19.8. The maximum atomic E-state index is 12.4. The average Bonchev–Trinajstić information content (AvgIpc) is 3.06. The molecule has 0 unspecified atom stereocenters. The molecule has 0 aliphatic heterocycles. The van der Waals surface area contributed by atoms with Crippen LogP contribution in [0.3, 0.4) is 0 Å². The maximum absolute atomic E-state index is 12.4. The standard InChI is InChI=1S/C23H22N4O/c1-16-14-17(2)27(26-16)21-8-5-18(6-9-21)11-13-25-23(28)20-7-10-22-19(15-20)4-3-12-24-22/h3-10,12,14-15H,11,13H2,1-2H3,(H,25,28). The molecule has 28 heavy (non-hydrogen) atoms. The van der Waals surface area contributed by atoms with Crippen molar-refractivity contribution >= 4 is 16.8 Å². The predicted octanol–water partition coefficient (Wildman–Crippen LogP) is 4.01. The lowest BCUT2D eigenvalue weighted by atomic mass is 10.1. The summed E-state index contributed by atoms with van der Waals surface area (Å²) in [7, 11) is 0. The van der Waals surface area contributed by atoms with E-state index in [2.05, 4.69) is 45.7 Å². The second-order valence-corrected chi connectivity index (χ2v) is 6.92. The van der Waals surface area contributed by atoms with Gasteiger partial charge in [-0.15, -0.1) is 0 Å². The number of carbonyl (C=O) groups is 1. The van der Waals surface area contributed by atoms with Crippen LogP contribution in [0.4, 0.5) is 0 Å². The summed E-state index contributed by atoms with van der Waals surface area (Å²) in [5.41, 5.74) is 5.88. The Morgan fingerprint density at radius 3 is 2.61 bits per heavy atom. The number of aromatic nitrogens is 3. The normalized spacial score (nSPS) is 10.9. The second kappa shape index (κ2) is 7.64. The number of pyridine rings is 1. The van der Waals surface area contributed by atoms with Crippen molar-refractivity contribution in [1.82, 2.24) is 20.1 Å². The van der Waals surface area contributed by atoms with Gasteiger partial charge in [0.15, 0.2) is 0 Å². The first kappa shape index (κ1) is 17.9. The molecular formula is C23H22N4O. The number of nitrogens with one attached hydrogen (secondary N) is 1. The first-order valence-corrected chi connectivity index (χ1v) is 9.36. The van der Waals surface area contributed by atoms with Gasteiger partial charge in [-0.3, -0.25) is 9.78 Å². The number of carbonyl (C=O) groups excluding carboxylic acids is 1. The van der Waals surface area contributed by atoms with Crippen LogP contribution in [-0.4, -0.2) is 27.2 Å². The maximum Gasteiger partial charge on any atom is 0.251 e. The van der Waals surface area contributed by atoms with Gasteiger partial charge in [-0.1, -0.05) is 18.2 Å². The van der Waals surface area contributed by atoms with Crippen molar-refractivity contribution in [2.45, 2.75) is 20.3 Å². The lowest BCUT2D eigenvalue weighted by molar-refractivity contribution is 0.0954. The summed E-state index contributed by atoms with van der Waals surface area (Å²) in [4.78, 5) is 16.7. The van der Waals surface area contributed by atoms with E-state index in [1.165, 1.54) is 5.56 Å². The van der Waals surface area contributed by atoms with Crippen molar-refractivity contribution in [3.63, 3.8) is 0 Å². The van der Waals surface area contributed by atoms with E-state index in [0.29, 0.717) is 12.1 Å². The number of nitrogens with zero attached hydrogens (tertiary/aromatic N) is 3. The smallest absolute Gasteiger partial charge is 0.251 e. The molecule has 2 aromatic heterocycles. The molecule has 0 spiro atoms. The molecular weight excluding hydrogens is 348 g/mol. The summed E-state index contributed by atoms with van der Waals surface area (Å²) in [6.07, 6.45) is 2.53. The molecule has 1 amide bonds. The van der Waals surface area contributed by atoms with Crippen LogP contribution < -0.4 is 5.32 Å². The van der Waals surface area contributed by atoms with E-state index < -0.39 is 0 Å². The molecule has 4 aromatic rings. The fourth-order valence-corrected chi connectivity index (χ4v) is 3.33. The van der Waals surface area contributed by atoms with Crippen molar-refractivity contribution < 1.29 is 4.79 Å². The highest BCUT2D eigenvalue weighted by atomic mass is 16.1. The first-order chi connectivity index (χ1) is 13.6. The predicted molar refractivity (Wildman–Crippen MR) is 111 cm³/mol. The van der Waals surface area contributed by atoms with Gasteiger partial charge < -0.3 is 5.32 Å². The number of hydrogen-bond acceptors (Lipinski definition) is 3. The Kier molecular flexibility index (Phi) is 4.89. The molecule has 0 saturated carbocycles. The van der Waals surface area contributed by atoms with Crippen LogP contribution in [0.25, 0.3) is 16.6 Å². The third-order valence-electron chi connectivity index (χ3n) is 4.75. The molecule has 5 nitrogen and oxygen atoms in total. The Balaban J connectivity index is 1.36. The molecule has 4 rings (SSSR count). The van der Waals surface area contributed by atoms with Gasteiger partial charge >= 0.3 is 0 Å². The Labute approximate surface area is 164 Å². The summed E-state index contributed by atoms with van der Waals surface area (Å²) in [5.74, 6) is -0.0648. The third kappa shape index (κ3) is 3.78. The third-order valence-corrected chi connectivity index (χ3v) is 4.75. The molecule has 0 atom stereocenters. The SMILES string of the molecule is Cc1cc(C)n(-c2ccc(CCNC(=O)c3ccc4ncccc4c3)cc2)n1. The highest BCUT2D eigenvalue weighted by molar-refractivity contribution is 5.97. The molecule has 2 heterocycles. The molecule has 0 radical (unpaired) electrons. The molecule has 5 heteroatoms. The van der Waals surface area contributed by atoms with E-state index in [1.54, 1.807) is 6.20 Å². The minimum Gasteiger partial charge on any atom is -0.352 e. The lowest BCUT2D eigenvalue weighted by Crippen LogP contribution is -2.25.